The van der Waals surface area contributed by atoms with Crippen molar-refractivity contribution in [2.75, 3.05) is 26.7 Å². The molecule has 6 heteroatoms. The van der Waals surface area contributed by atoms with Crippen LogP contribution in [0.15, 0.2) is 16.9 Å². The van der Waals surface area contributed by atoms with Crippen molar-refractivity contribution < 1.29 is 4.79 Å². The second-order valence-electron chi connectivity index (χ2n) is 5.92. The number of carbonyl (C=O) groups excluding carboxylic acids is 1. The number of hydrogen-bond acceptors (Lipinski definition) is 3. The molecule has 3 heterocycles. The third-order valence-corrected chi connectivity index (χ3v) is 4.88. The molecular formula is C14H21BrN4O. The molecule has 0 N–H and O–H groups in total. The van der Waals surface area contributed by atoms with Gasteiger partial charge in [-0.25, -0.2) is 0 Å². The summed E-state index contributed by atoms with van der Waals surface area (Å²) in [5.74, 6) is 0.306. The Morgan fingerprint density at radius 1 is 1.40 bits per heavy atom. The molecule has 1 aromatic heterocycles. The Hall–Kier alpha value is -0.880. The van der Waals surface area contributed by atoms with Gasteiger partial charge in [0.15, 0.2) is 0 Å². The lowest BCUT2D eigenvalue weighted by Gasteiger charge is -2.42. The third-order valence-electron chi connectivity index (χ3n) is 4.47. The highest BCUT2D eigenvalue weighted by Gasteiger charge is 2.32. The molecule has 1 aromatic rings. The van der Waals surface area contributed by atoms with Gasteiger partial charge in [-0.3, -0.25) is 14.4 Å². The Morgan fingerprint density at radius 2 is 2.20 bits per heavy atom. The van der Waals surface area contributed by atoms with Crippen molar-refractivity contribution in [1.82, 2.24) is 19.6 Å². The molecule has 20 heavy (non-hydrogen) atoms. The predicted octanol–water partition coefficient (Wildman–Crippen LogP) is 1.90. The lowest BCUT2D eigenvalue weighted by atomic mass is 10.0. The van der Waals surface area contributed by atoms with Crippen molar-refractivity contribution in [2.45, 2.75) is 37.8 Å². The summed E-state index contributed by atoms with van der Waals surface area (Å²) < 4.78 is 3.06. The molecule has 0 aliphatic carbocycles. The van der Waals surface area contributed by atoms with E-state index >= 15 is 0 Å². The SMILES string of the molecule is CN1C(=O)CCCCC1CN1CC(n2cc(Br)cn2)C1. The van der Waals surface area contributed by atoms with Gasteiger partial charge in [0.1, 0.15) is 0 Å². The van der Waals surface area contributed by atoms with Crippen LogP contribution in [0.25, 0.3) is 0 Å². The van der Waals surface area contributed by atoms with Crippen molar-refractivity contribution in [3.63, 3.8) is 0 Å². The van der Waals surface area contributed by atoms with Crippen molar-refractivity contribution >= 4 is 21.8 Å². The van der Waals surface area contributed by atoms with Crippen LogP contribution in [0.4, 0.5) is 0 Å². The molecule has 0 aromatic carbocycles. The van der Waals surface area contributed by atoms with E-state index in [-0.39, 0.29) is 0 Å². The number of likely N-dealkylation sites (tertiary alicyclic amines) is 2. The molecule has 2 saturated heterocycles. The summed E-state index contributed by atoms with van der Waals surface area (Å²) in [5, 5.41) is 4.34. The maximum atomic E-state index is 11.9. The fourth-order valence-electron chi connectivity index (χ4n) is 3.12. The number of likely N-dealkylation sites (N-methyl/N-ethyl adjacent to an activating group) is 1. The Morgan fingerprint density at radius 3 is 2.90 bits per heavy atom. The first kappa shape index (κ1) is 14.1. The number of aromatic nitrogens is 2. The topological polar surface area (TPSA) is 41.4 Å². The molecule has 1 amide bonds. The zero-order valence-electron chi connectivity index (χ0n) is 11.8. The van der Waals surface area contributed by atoms with Crippen LogP contribution in [0.5, 0.6) is 0 Å². The number of carbonyl (C=O) groups is 1. The van der Waals surface area contributed by atoms with Crippen LogP contribution in [0.2, 0.25) is 0 Å². The van der Waals surface area contributed by atoms with E-state index in [4.69, 9.17) is 0 Å². The minimum absolute atomic E-state index is 0.306. The van der Waals surface area contributed by atoms with E-state index in [1.165, 1.54) is 6.42 Å². The van der Waals surface area contributed by atoms with Gasteiger partial charge in [0.2, 0.25) is 5.91 Å². The Balaban J connectivity index is 1.51. The van der Waals surface area contributed by atoms with Crippen LogP contribution in [-0.4, -0.2) is 58.2 Å². The molecule has 0 bridgehead atoms. The molecule has 2 aliphatic heterocycles. The molecule has 0 radical (unpaired) electrons. The van der Waals surface area contributed by atoms with Gasteiger partial charge in [-0.05, 0) is 28.8 Å². The van der Waals surface area contributed by atoms with Crippen molar-refractivity contribution in [2.24, 2.45) is 0 Å². The lowest BCUT2D eigenvalue weighted by molar-refractivity contribution is -0.131. The summed E-state index contributed by atoms with van der Waals surface area (Å²) in [6.07, 6.45) is 7.94. The molecule has 1 unspecified atom stereocenters. The average molecular weight is 341 g/mol. The first-order chi connectivity index (χ1) is 9.63. The van der Waals surface area contributed by atoms with E-state index in [0.717, 1.165) is 43.4 Å². The normalized spacial score (nSPS) is 25.6. The number of nitrogens with zero attached hydrogens (tertiary/aromatic N) is 4. The highest BCUT2D eigenvalue weighted by atomic mass is 79.9. The van der Waals surface area contributed by atoms with Gasteiger partial charge in [-0.1, -0.05) is 6.42 Å². The van der Waals surface area contributed by atoms with Gasteiger partial charge in [0.05, 0.1) is 16.7 Å². The largest absolute Gasteiger partial charge is 0.341 e. The molecule has 3 rings (SSSR count). The molecule has 5 nitrogen and oxygen atoms in total. The molecule has 2 aliphatic rings. The van der Waals surface area contributed by atoms with Gasteiger partial charge < -0.3 is 4.90 Å². The van der Waals surface area contributed by atoms with Crippen LogP contribution < -0.4 is 0 Å². The minimum Gasteiger partial charge on any atom is -0.341 e. The van der Waals surface area contributed by atoms with Crippen LogP contribution in [0.1, 0.15) is 31.7 Å². The number of amides is 1. The Labute approximate surface area is 128 Å². The summed E-state index contributed by atoms with van der Waals surface area (Å²) in [6, 6.07) is 0.864. The maximum absolute atomic E-state index is 11.9. The molecule has 1 atom stereocenters. The van der Waals surface area contributed by atoms with E-state index < -0.39 is 0 Å². The second-order valence-corrected chi connectivity index (χ2v) is 6.83. The number of rotatable bonds is 3. The predicted molar refractivity (Wildman–Crippen MR) is 80.4 cm³/mol. The Kier molecular flexibility index (Phi) is 4.12. The van der Waals surface area contributed by atoms with Crippen LogP contribution in [-0.2, 0) is 4.79 Å². The van der Waals surface area contributed by atoms with Gasteiger partial charge in [0.25, 0.3) is 0 Å². The first-order valence-corrected chi connectivity index (χ1v) is 8.10. The van der Waals surface area contributed by atoms with E-state index in [2.05, 4.69) is 25.9 Å². The summed E-state index contributed by atoms with van der Waals surface area (Å²) >= 11 is 3.43. The van der Waals surface area contributed by atoms with E-state index in [1.807, 2.05) is 29.0 Å². The average Bonchev–Trinajstić information content (AvgIpc) is 2.73. The van der Waals surface area contributed by atoms with Crippen molar-refractivity contribution in [3.05, 3.63) is 16.9 Å². The highest BCUT2D eigenvalue weighted by Crippen LogP contribution is 2.25. The van der Waals surface area contributed by atoms with E-state index in [9.17, 15) is 4.79 Å². The molecular weight excluding hydrogens is 320 g/mol. The van der Waals surface area contributed by atoms with E-state index in [1.54, 1.807) is 0 Å². The van der Waals surface area contributed by atoms with Crippen molar-refractivity contribution in [1.29, 1.82) is 0 Å². The fourth-order valence-corrected chi connectivity index (χ4v) is 3.42. The standard InChI is InChI=1S/C14H21BrN4O/c1-17-12(4-2-3-5-14(17)20)8-18-9-13(10-18)19-7-11(15)6-16-19/h6-7,12-13H,2-5,8-10H2,1H3. The van der Waals surface area contributed by atoms with Gasteiger partial charge in [-0.15, -0.1) is 0 Å². The first-order valence-electron chi connectivity index (χ1n) is 7.31. The minimum atomic E-state index is 0.306. The van der Waals surface area contributed by atoms with E-state index in [0.29, 0.717) is 18.0 Å². The zero-order valence-corrected chi connectivity index (χ0v) is 13.4. The number of hydrogen-bond donors (Lipinski definition) is 0. The highest BCUT2D eigenvalue weighted by molar-refractivity contribution is 9.10. The van der Waals surface area contributed by atoms with Crippen LogP contribution in [0, 0.1) is 0 Å². The van der Waals surface area contributed by atoms with Crippen molar-refractivity contribution in [3.8, 4) is 0 Å². The molecule has 110 valence electrons. The van der Waals surface area contributed by atoms with Gasteiger partial charge in [0, 0.05) is 45.3 Å². The molecule has 0 spiro atoms. The number of halogens is 1. The summed E-state index contributed by atoms with van der Waals surface area (Å²) in [5.41, 5.74) is 0. The van der Waals surface area contributed by atoms with Crippen LogP contribution in [0.3, 0.4) is 0 Å². The van der Waals surface area contributed by atoms with Gasteiger partial charge in [-0.2, -0.15) is 5.10 Å². The molecule has 2 fully saturated rings. The Bertz CT molecular complexity index is 483. The summed E-state index contributed by atoms with van der Waals surface area (Å²) in [7, 11) is 1.96. The smallest absolute Gasteiger partial charge is 0.222 e. The lowest BCUT2D eigenvalue weighted by Crippen LogP contribution is -2.53. The monoisotopic (exact) mass is 340 g/mol. The maximum Gasteiger partial charge on any atom is 0.222 e. The van der Waals surface area contributed by atoms with Crippen LogP contribution >= 0.6 is 15.9 Å². The van der Waals surface area contributed by atoms with Gasteiger partial charge >= 0.3 is 0 Å². The quantitative estimate of drug-likeness (QED) is 0.843. The summed E-state index contributed by atoms with van der Waals surface area (Å²) in [4.78, 5) is 16.3. The third kappa shape index (κ3) is 2.91. The summed E-state index contributed by atoms with van der Waals surface area (Å²) in [6.45, 7) is 3.07. The molecule has 0 saturated carbocycles. The second kappa shape index (κ2) is 5.85. The zero-order chi connectivity index (χ0) is 14.1. The fraction of sp³-hybridized carbons (Fsp3) is 0.714.